The van der Waals surface area contributed by atoms with E-state index in [0.717, 1.165) is 27.0 Å². The smallest absolute Gasteiger partial charge is 0.268 e. The van der Waals surface area contributed by atoms with Crippen molar-refractivity contribution in [3.8, 4) is 0 Å². The molecule has 0 radical (unpaired) electrons. The van der Waals surface area contributed by atoms with Gasteiger partial charge in [-0.25, -0.2) is 0 Å². The van der Waals surface area contributed by atoms with E-state index in [-0.39, 0.29) is 5.91 Å². The van der Waals surface area contributed by atoms with Crippen molar-refractivity contribution < 1.29 is 9.63 Å². The van der Waals surface area contributed by atoms with Crippen LogP contribution >= 0.6 is 39.1 Å². The molecular formula is C22H19BrCl2N4O2. The van der Waals surface area contributed by atoms with Crippen LogP contribution in [0.2, 0.25) is 10.0 Å². The molecule has 0 aliphatic carbocycles. The van der Waals surface area contributed by atoms with Crippen LogP contribution in [0.1, 0.15) is 28.9 Å². The molecule has 1 N–H and O–H groups in total. The first-order valence-electron chi connectivity index (χ1n) is 9.60. The molecule has 0 bridgehead atoms. The number of aromatic nitrogens is 2. The minimum atomic E-state index is -0.700. The third-order valence-corrected chi connectivity index (χ3v) is 6.32. The summed E-state index contributed by atoms with van der Waals surface area (Å²) in [5, 5.41) is 12.7. The summed E-state index contributed by atoms with van der Waals surface area (Å²) >= 11 is 16.0. The van der Waals surface area contributed by atoms with Gasteiger partial charge < -0.3 is 10.2 Å². The predicted octanol–water partition coefficient (Wildman–Crippen LogP) is 5.75. The average molecular weight is 522 g/mol. The number of benzene rings is 2. The van der Waals surface area contributed by atoms with E-state index in [1.54, 1.807) is 22.9 Å². The average Bonchev–Trinajstić information content (AvgIpc) is 3.32. The first-order valence-corrected chi connectivity index (χ1v) is 11.1. The number of halogens is 3. The highest BCUT2D eigenvalue weighted by Gasteiger charge is 2.30. The minimum absolute atomic E-state index is 0.268. The Balaban J connectivity index is 1.47. The molecule has 1 amide bonds. The summed E-state index contributed by atoms with van der Waals surface area (Å²) in [4.78, 5) is 18.2. The van der Waals surface area contributed by atoms with Gasteiger partial charge in [-0.3, -0.25) is 9.48 Å². The number of hydrogen-bond donors (Lipinski definition) is 1. The number of oxime groups is 1. The van der Waals surface area contributed by atoms with Gasteiger partial charge in [-0.15, -0.1) is 0 Å². The van der Waals surface area contributed by atoms with Crippen molar-refractivity contribution in [2.24, 2.45) is 5.16 Å². The van der Waals surface area contributed by atoms with Crippen LogP contribution in [-0.4, -0.2) is 27.5 Å². The van der Waals surface area contributed by atoms with Crippen LogP contribution in [0.4, 0.5) is 5.69 Å². The van der Waals surface area contributed by atoms with Gasteiger partial charge in [-0.2, -0.15) is 5.10 Å². The molecule has 1 atom stereocenters. The summed E-state index contributed by atoms with van der Waals surface area (Å²) in [6.45, 7) is 4.13. The summed E-state index contributed by atoms with van der Waals surface area (Å²) in [5.41, 5.74) is 4.57. The van der Waals surface area contributed by atoms with E-state index in [2.05, 4.69) is 31.5 Å². The van der Waals surface area contributed by atoms with Crippen molar-refractivity contribution in [2.45, 2.75) is 32.9 Å². The van der Waals surface area contributed by atoms with Gasteiger partial charge in [0.25, 0.3) is 5.91 Å². The monoisotopic (exact) mass is 520 g/mol. The van der Waals surface area contributed by atoms with Gasteiger partial charge in [0, 0.05) is 32.1 Å². The summed E-state index contributed by atoms with van der Waals surface area (Å²) in [6.07, 6.45) is -0.307. The molecule has 1 aromatic heterocycles. The fraction of sp³-hybridized carbons (Fsp3) is 0.227. The molecule has 1 aliphatic heterocycles. The van der Waals surface area contributed by atoms with Gasteiger partial charge >= 0.3 is 0 Å². The molecule has 9 heteroatoms. The molecule has 1 aliphatic rings. The molecule has 2 heterocycles. The van der Waals surface area contributed by atoms with Crippen LogP contribution in [0.3, 0.4) is 0 Å². The summed E-state index contributed by atoms with van der Waals surface area (Å²) in [7, 11) is 0. The lowest BCUT2D eigenvalue weighted by Gasteiger charge is -2.11. The van der Waals surface area contributed by atoms with Crippen molar-refractivity contribution in [1.29, 1.82) is 0 Å². The lowest BCUT2D eigenvalue weighted by atomic mass is 10.0. The van der Waals surface area contributed by atoms with E-state index in [1.807, 2.05) is 38.1 Å². The Hall–Kier alpha value is -2.35. The second kappa shape index (κ2) is 9.02. The zero-order valence-electron chi connectivity index (χ0n) is 16.8. The van der Waals surface area contributed by atoms with Crippen LogP contribution in [0.5, 0.6) is 0 Å². The molecular weight excluding hydrogens is 503 g/mol. The van der Waals surface area contributed by atoms with Crippen LogP contribution in [0.25, 0.3) is 0 Å². The Morgan fingerprint density at radius 1 is 1.23 bits per heavy atom. The van der Waals surface area contributed by atoms with E-state index >= 15 is 0 Å². The van der Waals surface area contributed by atoms with E-state index in [4.69, 9.17) is 28.0 Å². The third-order valence-electron chi connectivity index (χ3n) is 5.12. The fourth-order valence-corrected chi connectivity index (χ4v) is 4.34. The van der Waals surface area contributed by atoms with E-state index in [0.29, 0.717) is 34.4 Å². The highest BCUT2D eigenvalue weighted by Crippen LogP contribution is 2.28. The Morgan fingerprint density at radius 2 is 1.94 bits per heavy atom. The number of amides is 1. The summed E-state index contributed by atoms with van der Waals surface area (Å²) in [6, 6.07) is 13.1. The largest absolute Gasteiger partial charge is 0.382 e. The van der Waals surface area contributed by atoms with Crippen molar-refractivity contribution in [1.82, 2.24) is 9.78 Å². The standard InChI is InChI=1S/C22H19BrCl2N4O2/c1-12-21(13(2)29(27-12)11-16-17(24)7-4-8-18(16)25)26-22(30)20-10-19(28-31-20)14-5-3-6-15(23)9-14/h3-9,20H,10-11H2,1-2H3,(H,26,30). The highest BCUT2D eigenvalue weighted by atomic mass is 79.9. The molecule has 3 aromatic rings. The molecule has 4 rings (SSSR count). The van der Waals surface area contributed by atoms with Gasteiger partial charge in [0.2, 0.25) is 6.10 Å². The second-order valence-corrected chi connectivity index (χ2v) is 8.97. The van der Waals surface area contributed by atoms with E-state index in [1.165, 1.54) is 0 Å². The number of carbonyl (C=O) groups excluding carboxylic acids is 1. The number of rotatable bonds is 5. The molecule has 160 valence electrons. The number of nitrogens with zero attached hydrogens (tertiary/aromatic N) is 3. The molecule has 0 spiro atoms. The maximum atomic E-state index is 12.8. The zero-order chi connectivity index (χ0) is 22.1. The minimum Gasteiger partial charge on any atom is -0.382 e. The van der Waals surface area contributed by atoms with Gasteiger partial charge in [-0.05, 0) is 38.1 Å². The topological polar surface area (TPSA) is 68.5 Å². The lowest BCUT2D eigenvalue weighted by molar-refractivity contribution is -0.125. The third kappa shape index (κ3) is 4.63. The van der Waals surface area contributed by atoms with Crippen LogP contribution < -0.4 is 5.32 Å². The molecule has 6 nitrogen and oxygen atoms in total. The lowest BCUT2D eigenvalue weighted by Crippen LogP contribution is -2.28. The second-order valence-electron chi connectivity index (χ2n) is 7.24. The Morgan fingerprint density at radius 3 is 2.65 bits per heavy atom. The maximum Gasteiger partial charge on any atom is 0.268 e. The van der Waals surface area contributed by atoms with Gasteiger partial charge in [0.05, 0.1) is 29.3 Å². The van der Waals surface area contributed by atoms with E-state index in [9.17, 15) is 4.79 Å². The number of carbonyl (C=O) groups is 1. The SMILES string of the molecule is Cc1nn(Cc2c(Cl)cccc2Cl)c(C)c1NC(=O)C1CC(c2cccc(Br)c2)=NO1. The molecule has 2 aromatic carbocycles. The maximum absolute atomic E-state index is 12.8. The normalized spacial score (nSPS) is 15.5. The van der Waals surface area contributed by atoms with Crippen LogP contribution in [0, 0.1) is 13.8 Å². The zero-order valence-corrected chi connectivity index (χ0v) is 19.9. The number of aryl methyl sites for hydroxylation is 1. The molecule has 0 fully saturated rings. The quantitative estimate of drug-likeness (QED) is 0.464. The number of nitrogens with one attached hydrogen (secondary N) is 1. The molecule has 1 unspecified atom stereocenters. The fourth-order valence-electron chi connectivity index (χ4n) is 3.43. The van der Waals surface area contributed by atoms with Crippen molar-refractivity contribution in [3.05, 3.63) is 79.5 Å². The Kier molecular flexibility index (Phi) is 6.36. The summed E-state index contributed by atoms with van der Waals surface area (Å²) < 4.78 is 2.72. The van der Waals surface area contributed by atoms with E-state index < -0.39 is 6.10 Å². The van der Waals surface area contributed by atoms with Crippen molar-refractivity contribution in [3.63, 3.8) is 0 Å². The molecule has 0 saturated carbocycles. The summed E-state index contributed by atoms with van der Waals surface area (Å²) in [5.74, 6) is -0.268. The van der Waals surface area contributed by atoms with Gasteiger partial charge in [-0.1, -0.05) is 62.5 Å². The van der Waals surface area contributed by atoms with Crippen molar-refractivity contribution >= 4 is 56.4 Å². The number of hydrogen-bond acceptors (Lipinski definition) is 4. The van der Waals surface area contributed by atoms with Crippen molar-refractivity contribution in [2.75, 3.05) is 5.32 Å². The molecule has 31 heavy (non-hydrogen) atoms. The van der Waals surface area contributed by atoms with Crippen LogP contribution in [0.15, 0.2) is 52.1 Å². The highest BCUT2D eigenvalue weighted by molar-refractivity contribution is 9.10. The Bertz CT molecular complexity index is 1170. The number of anilines is 1. The first kappa shape index (κ1) is 21.9. The van der Waals surface area contributed by atoms with Gasteiger partial charge in [0.1, 0.15) is 0 Å². The predicted molar refractivity (Wildman–Crippen MR) is 126 cm³/mol. The Labute approximate surface area is 198 Å². The molecule has 0 saturated heterocycles. The van der Waals surface area contributed by atoms with Gasteiger partial charge in [0.15, 0.2) is 0 Å². The first-order chi connectivity index (χ1) is 14.8. The van der Waals surface area contributed by atoms with Crippen LogP contribution in [-0.2, 0) is 16.2 Å².